The Bertz CT molecular complexity index is 527. The Morgan fingerprint density at radius 1 is 1.57 bits per heavy atom. The van der Waals surface area contributed by atoms with Gasteiger partial charge in [0.15, 0.2) is 0 Å². The molecule has 0 radical (unpaired) electrons. The van der Waals surface area contributed by atoms with Crippen LogP contribution in [0.2, 0.25) is 5.02 Å². The van der Waals surface area contributed by atoms with E-state index in [1.165, 1.54) is 0 Å². The van der Waals surface area contributed by atoms with Crippen LogP contribution in [0.15, 0.2) is 17.5 Å². The molecule has 0 saturated heterocycles. The van der Waals surface area contributed by atoms with E-state index in [-0.39, 0.29) is 0 Å². The summed E-state index contributed by atoms with van der Waals surface area (Å²) in [6.07, 6.45) is 0. The van der Waals surface area contributed by atoms with E-state index < -0.39 is 0 Å². The summed E-state index contributed by atoms with van der Waals surface area (Å²) in [4.78, 5) is 0. The average molecular weight is 287 g/mol. The van der Waals surface area contributed by atoms with Crippen LogP contribution in [0.5, 0.6) is 0 Å². The normalized spacial score (nSPS) is 10.4. The molecule has 1 heterocycles. The highest BCUT2D eigenvalue weighted by atomic mass is 79.9. The Morgan fingerprint density at radius 2 is 2.36 bits per heavy atom. The van der Waals surface area contributed by atoms with Crippen molar-refractivity contribution in [3.8, 4) is 6.07 Å². The molecule has 0 aliphatic rings. The first-order valence-electron chi connectivity index (χ1n) is 3.92. The van der Waals surface area contributed by atoms with E-state index in [0.717, 1.165) is 15.6 Å². The molecule has 0 spiro atoms. The summed E-state index contributed by atoms with van der Waals surface area (Å²) in [6.45, 7) is 0. The molecule has 0 amide bonds. The lowest BCUT2D eigenvalue weighted by molar-refractivity contribution is 1.47. The molecule has 0 fully saturated rings. The summed E-state index contributed by atoms with van der Waals surface area (Å²) >= 11 is 11.1. The van der Waals surface area contributed by atoms with Gasteiger partial charge in [-0.15, -0.1) is 11.3 Å². The Morgan fingerprint density at radius 3 is 3.00 bits per heavy atom. The van der Waals surface area contributed by atoms with E-state index in [1.54, 1.807) is 17.4 Å². The molecule has 0 aliphatic carbocycles. The van der Waals surface area contributed by atoms with Crippen LogP contribution in [0.4, 0.5) is 0 Å². The number of nitriles is 1. The number of fused-ring (bicyclic) bond motifs is 1. The molecule has 70 valence electrons. The molecule has 0 bridgehead atoms. The van der Waals surface area contributed by atoms with Gasteiger partial charge in [0.1, 0.15) is 0 Å². The van der Waals surface area contributed by atoms with Crippen LogP contribution in [0, 0.1) is 11.3 Å². The van der Waals surface area contributed by atoms with Crippen molar-refractivity contribution in [1.29, 1.82) is 5.26 Å². The Kier molecular flexibility index (Phi) is 2.78. The number of benzene rings is 1. The van der Waals surface area contributed by atoms with Crippen LogP contribution in [0.25, 0.3) is 10.1 Å². The predicted molar refractivity (Wildman–Crippen MR) is 64.2 cm³/mol. The fourth-order valence-electron chi connectivity index (χ4n) is 1.37. The van der Waals surface area contributed by atoms with Crippen LogP contribution in [-0.4, -0.2) is 0 Å². The molecule has 1 nitrogen and oxygen atoms in total. The van der Waals surface area contributed by atoms with Crippen molar-refractivity contribution < 1.29 is 0 Å². The summed E-state index contributed by atoms with van der Waals surface area (Å²) < 4.78 is 1.10. The maximum atomic E-state index is 8.93. The van der Waals surface area contributed by atoms with Gasteiger partial charge < -0.3 is 0 Å². The zero-order valence-electron chi connectivity index (χ0n) is 7.05. The van der Waals surface area contributed by atoms with Gasteiger partial charge >= 0.3 is 0 Å². The minimum absolute atomic E-state index is 0.649. The monoisotopic (exact) mass is 285 g/mol. The quantitative estimate of drug-likeness (QED) is 0.716. The van der Waals surface area contributed by atoms with Crippen molar-refractivity contribution in [2.24, 2.45) is 0 Å². The average Bonchev–Trinajstić information content (AvgIpc) is 2.65. The van der Waals surface area contributed by atoms with Crippen LogP contribution in [-0.2, 0) is 5.33 Å². The lowest BCUT2D eigenvalue weighted by Gasteiger charge is -2.03. The van der Waals surface area contributed by atoms with E-state index in [0.29, 0.717) is 15.9 Å². The maximum absolute atomic E-state index is 8.93. The molecule has 4 heteroatoms. The molecule has 0 saturated carbocycles. The fraction of sp³-hybridized carbons (Fsp3) is 0.100. The highest BCUT2D eigenvalue weighted by molar-refractivity contribution is 9.08. The number of thiophene rings is 1. The van der Waals surface area contributed by atoms with Gasteiger partial charge in [0.2, 0.25) is 0 Å². The topological polar surface area (TPSA) is 23.8 Å². The first-order chi connectivity index (χ1) is 6.77. The van der Waals surface area contributed by atoms with Crippen LogP contribution in [0.3, 0.4) is 0 Å². The minimum atomic E-state index is 0.649. The number of alkyl halides is 1. The third-order valence-electron chi connectivity index (χ3n) is 2.04. The zero-order chi connectivity index (χ0) is 10.1. The highest BCUT2D eigenvalue weighted by Gasteiger charge is 2.10. The van der Waals surface area contributed by atoms with E-state index in [9.17, 15) is 0 Å². The molecule has 0 N–H and O–H groups in total. The largest absolute Gasteiger partial charge is 0.192 e. The van der Waals surface area contributed by atoms with Gasteiger partial charge in [-0.2, -0.15) is 5.26 Å². The number of hydrogen-bond donors (Lipinski definition) is 0. The molecular formula is C10H5BrClNS. The number of hydrogen-bond acceptors (Lipinski definition) is 2. The minimum Gasteiger partial charge on any atom is -0.192 e. The van der Waals surface area contributed by atoms with Crippen molar-refractivity contribution in [2.45, 2.75) is 5.33 Å². The van der Waals surface area contributed by atoms with E-state index in [4.69, 9.17) is 16.9 Å². The molecule has 1 aromatic heterocycles. The molecule has 1 aromatic carbocycles. The third kappa shape index (κ3) is 1.44. The first-order valence-corrected chi connectivity index (χ1v) is 6.30. The summed E-state index contributed by atoms with van der Waals surface area (Å²) in [7, 11) is 0. The Hall–Kier alpha value is -0.560. The summed E-state index contributed by atoms with van der Waals surface area (Å²) in [5, 5.41) is 13.3. The molecule has 0 atom stereocenters. The first kappa shape index (κ1) is 9.97. The van der Waals surface area contributed by atoms with Crippen molar-refractivity contribution >= 4 is 49.0 Å². The lowest BCUT2D eigenvalue weighted by atomic mass is 10.1. The van der Waals surface area contributed by atoms with Gasteiger partial charge in [-0.25, -0.2) is 0 Å². The van der Waals surface area contributed by atoms with Crippen LogP contribution >= 0.6 is 38.9 Å². The van der Waals surface area contributed by atoms with Gasteiger partial charge in [0.25, 0.3) is 0 Å². The second-order valence-electron chi connectivity index (χ2n) is 2.79. The van der Waals surface area contributed by atoms with Crippen molar-refractivity contribution in [3.05, 3.63) is 33.7 Å². The van der Waals surface area contributed by atoms with Gasteiger partial charge in [0, 0.05) is 20.4 Å². The van der Waals surface area contributed by atoms with Gasteiger partial charge in [-0.1, -0.05) is 27.5 Å². The van der Waals surface area contributed by atoms with E-state index in [1.807, 2.05) is 11.4 Å². The summed E-state index contributed by atoms with van der Waals surface area (Å²) in [5.74, 6) is 0. The number of halogens is 2. The standard InChI is InChI=1S/C10H5BrClNS/c11-4-8-9(12)3-6(5-13)7-1-2-14-10(7)8/h1-3H,4H2. The summed E-state index contributed by atoms with van der Waals surface area (Å²) in [5.41, 5.74) is 1.71. The molecule has 0 aliphatic heterocycles. The van der Waals surface area contributed by atoms with Crippen molar-refractivity contribution in [2.75, 3.05) is 0 Å². The smallest absolute Gasteiger partial charge is 0.0999 e. The van der Waals surface area contributed by atoms with E-state index >= 15 is 0 Å². The third-order valence-corrected chi connectivity index (χ3v) is 3.92. The molecule has 2 rings (SSSR count). The van der Waals surface area contributed by atoms with Crippen LogP contribution < -0.4 is 0 Å². The Labute approximate surface area is 99.0 Å². The summed E-state index contributed by atoms with van der Waals surface area (Å²) in [6, 6.07) is 5.84. The zero-order valence-corrected chi connectivity index (χ0v) is 10.2. The highest BCUT2D eigenvalue weighted by Crippen LogP contribution is 2.34. The van der Waals surface area contributed by atoms with Gasteiger partial charge in [-0.05, 0) is 23.1 Å². The van der Waals surface area contributed by atoms with Crippen molar-refractivity contribution in [3.63, 3.8) is 0 Å². The molecule has 2 aromatic rings. The molecular weight excluding hydrogens is 282 g/mol. The van der Waals surface area contributed by atoms with E-state index in [2.05, 4.69) is 22.0 Å². The molecule has 14 heavy (non-hydrogen) atoms. The SMILES string of the molecule is N#Cc1cc(Cl)c(CBr)c2sccc12. The van der Waals surface area contributed by atoms with Gasteiger partial charge in [0.05, 0.1) is 11.6 Å². The lowest BCUT2D eigenvalue weighted by Crippen LogP contribution is -1.84. The maximum Gasteiger partial charge on any atom is 0.0999 e. The predicted octanol–water partition coefficient (Wildman–Crippen LogP) is 4.32. The molecule has 0 unspecified atom stereocenters. The van der Waals surface area contributed by atoms with Crippen molar-refractivity contribution in [1.82, 2.24) is 0 Å². The Balaban J connectivity index is 2.90. The number of nitrogens with zero attached hydrogens (tertiary/aromatic N) is 1. The number of rotatable bonds is 1. The van der Waals surface area contributed by atoms with Crippen LogP contribution in [0.1, 0.15) is 11.1 Å². The second-order valence-corrected chi connectivity index (χ2v) is 4.68. The van der Waals surface area contributed by atoms with Gasteiger partial charge in [-0.3, -0.25) is 0 Å². The second kappa shape index (κ2) is 3.90. The fourth-order valence-corrected chi connectivity index (χ4v) is 3.60.